The topological polar surface area (TPSA) is 26.3 Å². The maximum atomic E-state index is 11.1. The molecule has 0 heterocycles. The average molecular weight is 231 g/mol. The minimum atomic E-state index is -0.497. The number of halogens is 2. The Kier molecular flexibility index (Phi) is 3.55. The number of ether oxygens (including phenoxy) is 1. The predicted octanol–water partition coefficient (Wildman–Crippen LogP) is 3.18. The van der Waals surface area contributed by atoms with Crippen LogP contribution in [0.1, 0.15) is 5.56 Å². The number of carbonyl (C=O) groups excluding carboxylic acids is 1. The minimum absolute atomic E-state index is 0.233. The smallest absolute Gasteiger partial charge is 0.337 e. The normalized spacial score (nSPS) is 9.64. The number of esters is 1. The summed E-state index contributed by atoms with van der Waals surface area (Å²) in [6.45, 7) is 3.59. The van der Waals surface area contributed by atoms with E-state index in [4.69, 9.17) is 23.2 Å². The van der Waals surface area contributed by atoms with Crippen molar-refractivity contribution in [2.45, 2.75) is 0 Å². The van der Waals surface area contributed by atoms with E-state index in [-0.39, 0.29) is 5.57 Å². The molecule has 0 saturated heterocycles. The summed E-state index contributed by atoms with van der Waals surface area (Å²) < 4.78 is 4.52. The molecule has 74 valence electrons. The summed E-state index contributed by atoms with van der Waals surface area (Å²) in [5.74, 6) is -0.497. The van der Waals surface area contributed by atoms with Crippen LogP contribution in [0.5, 0.6) is 0 Å². The second-order valence-corrected chi connectivity index (χ2v) is 3.50. The zero-order chi connectivity index (χ0) is 10.7. The highest BCUT2D eigenvalue weighted by Gasteiger charge is 2.10. The fraction of sp³-hybridized carbons (Fsp3) is 0.100. The number of carbonyl (C=O) groups is 1. The lowest BCUT2D eigenvalue weighted by Crippen LogP contribution is -2.02. The first-order chi connectivity index (χ1) is 6.54. The van der Waals surface area contributed by atoms with Gasteiger partial charge in [0.25, 0.3) is 0 Å². The number of hydrogen-bond acceptors (Lipinski definition) is 2. The van der Waals surface area contributed by atoms with Crippen molar-refractivity contribution in [3.63, 3.8) is 0 Å². The molecule has 0 aromatic heterocycles. The molecule has 0 aliphatic carbocycles. The third-order valence-corrected chi connectivity index (χ3v) is 2.08. The van der Waals surface area contributed by atoms with Gasteiger partial charge in [0.1, 0.15) is 0 Å². The highest BCUT2D eigenvalue weighted by Crippen LogP contribution is 2.23. The average Bonchev–Trinajstić information content (AvgIpc) is 2.14. The highest BCUT2D eigenvalue weighted by molar-refractivity contribution is 6.35. The first-order valence-electron chi connectivity index (χ1n) is 3.78. The molecular weight excluding hydrogens is 223 g/mol. The number of hydrogen-bond donors (Lipinski definition) is 0. The van der Waals surface area contributed by atoms with E-state index < -0.39 is 5.97 Å². The molecule has 4 heteroatoms. The van der Waals surface area contributed by atoms with Crippen molar-refractivity contribution >= 4 is 34.7 Å². The van der Waals surface area contributed by atoms with E-state index in [1.807, 2.05) is 0 Å². The highest BCUT2D eigenvalue weighted by atomic mass is 35.5. The summed E-state index contributed by atoms with van der Waals surface area (Å²) in [5.41, 5.74) is 0.797. The number of benzene rings is 1. The van der Waals surface area contributed by atoms with Gasteiger partial charge in [0.05, 0.1) is 12.7 Å². The van der Waals surface area contributed by atoms with Crippen molar-refractivity contribution in [1.29, 1.82) is 0 Å². The van der Waals surface area contributed by atoms with Crippen LogP contribution in [0, 0.1) is 0 Å². The van der Waals surface area contributed by atoms with Crippen LogP contribution in [0.2, 0.25) is 10.0 Å². The summed E-state index contributed by atoms with van der Waals surface area (Å²) in [6.07, 6.45) is 0. The first-order valence-corrected chi connectivity index (χ1v) is 4.54. The lowest BCUT2D eigenvalue weighted by molar-refractivity contribution is -0.133. The molecule has 14 heavy (non-hydrogen) atoms. The first kappa shape index (κ1) is 11.1. The Labute approximate surface area is 92.1 Å². The van der Waals surface area contributed by atoms with Gasteiger partial charge in [-0.2, -0.15) is 0 Å². The van der Waals surface area contributed by atoms with Crippen LogP contribution in [0.4, 0.5) is 0 Å². The summed E-state index contributed by atoms with van der Waals surface area (Å²) in [5, 5.41) is 0.912. The van der Waals surface area contributed by atoms with Crippen molar-refractivity contribution in [3.8, 4) is 0 Å². The Balaban J connectivity index is 3.07. The van der Waals surface area contributed by atoms with Crippen LogP contribution in [0.3, 0.4) is 0 Å². The van der Waals surface area contributed by atoms with Crippen molar-refractivity contribution in [2.24, 2.45) is 0 Å². The van der Waals surface area contributed by atoms with Gasteiger partial charge >= 0.3 is 5.97 Å². The van der Waals surface area contributed by atoms with Gasteiger partial charge in [0, 0.05) is 10.0 Å². The molecule has 0 amide bonds. The molecule has 0 aliphatic rings. The van der Waals surface area contributed by atoms with Gasteiger partial charge < -0.3 is 4.74 Å². The van der Waals surface area contributed by atoms with Crippen LogP contribution in [0.25, 0.3) is 5.57 Å². The summed E-state index contributed by atoms with van der Waals surface area (Å²) in [4.78, 5) is 11.1. The summed E-state index contributed by atoms with van der Waals surface area (Å²) in [7, 11) is 1.29. The largest absolute Gasteiger partial charge is 0.465 e. The molecule has 1 aromatic carbocycles. The molecular formula is C10H8Cl2O2. The molecule has 0 saturated carbocycles. The van der Waals surface area contributed by atoms with Crippen LogP contribution < -0.4 is 0 Å². The zero-order valence-corrected chi connectivity index (χ0v) is 9.02. The minimum Gasteiger partial charge on any atom is -0.465 e. The van der Waals surface area contributed by atoms with Gasteiger partial charge in [0.2, 0.25) is 0 Å². The van der Waals surface area contributed by atoms with E-state index in [1.165, 1.54) is 7.11 Å². The molecule has 0 spiro atoms. The van der Waals surface area contributed by atoms with Crippen molar-refractivity contribution in [3.05, 3.63) is 40.4 Å². The van der Waals surface area contributed by atoms with E-state index >= 15 is 0 Å². The van der Waals surface area contributed by atoms with Crippen LogP contribution >= 0.6 is 23.2 Å². The predicted molar refractivity (Wildman–Crippen MR) is 57.5 cm³/mol. The second-order valence-electron chi connectivity index (χ2n) is 2.63. The fourth-order valence-corrected chi connectivity index (χ4v) is 1.50. The molecule has 0 N–H and O–H groups in total. The molecule has 0 aliphatic heterocycles. The van der Waals surface area contributed by atoms with Crippen molar-refractivity contribution < 1.29 is 9.53 Å². The van der Waals surface area contributed by atoms with Crippen LogP contribution in [-0.2, 0) is 9.53 Å². The molecule has 0 bridgehead atoms. The lowest BCUT2D eigenvalue weighted by atomic mass is 10.1. The maximum Gasteiger partial charge on any atom is 0.337 e. The number of methoxy groups -OCH3 is 1. The molecule has 1 rings (SSSR count). The van der Waals surface area contributed by atoms with Gasteiger partial charge in [-0.1, -0.05) is 29.8 Å². The third-order valence-electron chi connectivity index (χ3n) is 1.64. The standard InChI is InChI=1S/C10H8Cl2O2/c1-6(10(13)14-2)7-3-8(11)5-9(12)4-7/h3-5H,1H2,2H3. The Bertz CT molecular complexity index is 365. The maximum absolute atomic E-state index is 11.1. The molecule has 0 radical (unpaired) electrons. The molecule has 2 nitrogen and oxygen atoms in total. The van der Waals surface area contributed by atoms with Gasteiger partial charge in [-0.15, -0.1) is 0 Å². The number of rotatable bonds is 2. The quantitative estimate of drug-likeness (QED) is 0.577. The molecule has 0 atom stereocenters. The second kappa shape index (κ2) is 4.49. The van der Waals surface area contributed by atoms with Gasteiger partial charge in [-0.05, 0) is 23.8 Å². The van der Waals surface area contributed by atoms with Crippen molar-refractivity contribution in [2.75, 3.05) is 7.11 Å². The fourth-order valence-electron chi connectivity index (χ4n) is 0.969. The van der Waals surface area contributed by atoms with E-state index in [1.54, 1.807) is 18.2 Å². The van der Waals surface area contributed by atoms with Crippen molar-refractivity contribution in [1.82, 2.24) is 0 Å². The monoisotopic (exact) mass is 230 g/mol. The SMILES string of the molecule is C=C(C(=O)OC)c1cc(Cl)cc(Cl)c1. The molecule has 0 unspecified atom stereocenters. The molecule has 0 fully saturated rings. The zero-order valence-electron chi connectivity index (χ0n) is 7.51. The van der Waals surface area contributed by atoms with Crippen LogP contribution in [0.15, 0.2) is 24.8 Å². The molecule has 1 aromatic rings. The van der Waals surface area contributed by atoms with Gasteiger partial charge in [-0.3, -0.25) is 0 Å². The Hall–Kier alpha value is -0.990. The van der Waals surface area contributed by atoms with Gasteiger partial charge in [-0.25, -0.2) is 4.79 Å². The Morgan fingerprint density at radius 1 is 1.29 bits per heavy atom. The van der Waals surface area contributed by atoms with E-state index in [2.05, 4.69) is 11.3 Å². The third kappa shape index (κ3) is 2.50. The summed E-state index contributed by atoms with van der Waals surface area (Å²) in [6, 6.07) is 4.79. The van der Waals surface area contributed by atoms with Crippen LogP contribution in [-0.4, -0.2) is 13.1 Å². The van der Waals surface area contributed by atoms with E-state index in [0.717, 1.165) is 0 Å². The van der Waals surface area contributed by atoms with Gasteiger partial charge in [0.15, 0.2) is 0 Å². The van der Waals surface area contributed by atoms with E-state index in [9.17, 15) is 4.79 Å². The Morgan fingerprint density at radius 2 is 1.79 bits per heavy atom. The lowest BCUT2D eigenvalue weighted by Gasteiger charge is -2.04. The summed E-state index contributed by atoms with van der Waals surface area (Å²) >= 11 is 11.5. The Morgan fingerprint density at radius 3 is 2.21 bits per heavy atom. The van der Waals surface area contributed by atoms with E-state index in [0.29, 0.717) is 15.6 Å².